The number of aromatic nitrogens is 1. The molecule has 0 spiro atoms. The van der Waals surface area contributed by atoms with Crippen LogP contribution in [-0.2, 0) is 13.1 Å². The van der Waals surface area contributed by atoms with Gasteiger partial charge in [-0.2, -0.15) is 0 Å². The molecule has 0 atom stereocenters. The summed E-state index contributed by atoms with van der Waals surface area (Å²) in [6.07, 6.45) is 0. The van der Waals surface area contributed by atoms with Gasteiger partial charge in [0.05, 0.1) is 13.7 Å². The van der Waals surface area contributed by atoms with E-state index in [4.69, 9.17) is 26.4 Å². The van der Waals surface area contributed by atoms with Crippen LogP contribution in [0.5, 0.6) is 17.2 Å². The van der Waals surface area contributed by atoms with Crippen LogP contribution in [0.15, 0.2) is 71.5 Å². The molecule has 4 aromatic rings. The van der Waals surface area contributed by atoms with E-state index in [1.54, 1.807) is 7.11 Å². The molecule has 35 heavy (non-hydrogen) atoms. The van der Waals surface area contributed by atoms with Crippen molar-refractivity contribution in [3.63, 3.8) is 0 Å². The maximum atomic E-state index is 12.9. The molecule has 0 bridgehead atoms. The molecule has 1 aliphatic rings. The number of nitrogens with zero attached hydrogens (tertiary/aromatic N) is 1. The van der Waals surface area contributed by atoms with Crippen molar-refractivity contribution in [2.45, 2.75) is 20.0 Å². The molecule has 178 valence electrons. The lowest BCUT2D eigenvalue weighted by Gasteiger charge is -2.26. The Kier molecular flexibility index (Phi) is 6.29. The highest BCUT2D eigenvalue weighted by molar-refractivity contribution is 7.80. The largest absolute Gasteiger partial charge is 0.497 e. The number of pyridine rings is 1. The molecular weight excluding hydrogens is 462 g/mol. The van der Waals surface area contributed by atoms with Crippen molar-refractivity contribution >= 4 is 33.9 Å². The van der Waals surface area contributed by atoms with E-state index in [9.17, 15) is 4.79 Å². The Morgan fingerprint density at radius 1 is 1.06 bits per heavy atom. The Labute approximate surface area is 208 Å². The second kappa shape index (κ2) is 9.68. The van der Waals surface area contributed by atoms with Gasteiger partial charge in [-0.15, -0.1) is 0 Å². The third-order valence-electron chi connectivity index (χ3n) is 5.86. The number of aromatic amines is 1. The molecule has 0 saturated carbocycles. The minimum atomic E-state index is -0.156. The van der Waals surface area contributed by atoms with Gasteiger partial charge in [-0.25, -0.2) is 0 Å². The van der Waals surface area contributed by atoms with Crippen LogP contribution in [-0.4, -0.2) is 28.9 Å². The quantitative estimate of drug-likeness (QED) is 0.372. The molecule has 0 unspecified atom stereocenters. The topological polar surface area (TPSA) is 75.8 Å². The zero-order valence-corrected chi connectivity index (χ0v) is 20.3. The summed E-state index contributed by atoms with van der Waals surface area (Å²) < 4.78 is 16.3. The predicted molar refractivity (Wildman–Crippen MR) is 140 cm³/mol. The van der Waals surface area contributed by atoms with E-state index in [-0.39, 0.29) is 12.4 Å². The lowest BCUT2D eigenvalue weighted by atomic mass is 10.1. The van der Waals surface area contributed by atoms with Gasteiger partial charge >= 0.3 is 0 Å². The number of methoxy groups -OCH3 is 1. The molecule has 0 aliphatic carbocycles. The molecule has 0 amide bonds. The Hall–Kier alpha value is -4.04. The Morgan fingerprint density at radius 2 is 1.91 bits per heavy atom. The molecule has 0 radical (unpaired) electrons. The molecule has 1 aromatic heterocycles. The minimum absolute atomic E-state index is 0.156. The van der Waals surface area contributed by atoms with Crippen molar-refractivity contribution < 1.29 is 14.2 Å². The number of fused-ring (bicyclic) bond motifs is 2. The van der Waals surface area contributed by atoms with Crippen molar-refractivity contribution in [2.75, 3.05) is 19.2 Å². The second-order valence-corrected chi connectivity index (χ2v) is 8.81. The van der Waals surface area contributed by atoms with Gasteiger partial charge in [-0.3, -0.25) is 4.79 Å². The smallest absolute Gasteiger partial charge is 0.253 e. The van der Waals surface area contributed by atoms with E-state index in [0.717, 1.165) is 39.2 Å². The predicted octanol–water partition coefficient (Wildman–Crippen LogP) is 4.97. The van der Waals surface area contributed by atoms with Crippen LogP contribution in [0, 0.1) is 6.92 Å². The highest BCUT2D eigenvalue weighted by Gasteiger charge is 2.18. The number of hydrogen-bond acceptors (Lipinski definition) is 5. The van der Waals surface area contributed by atoms with Crippen molar-refractivity contribution in [2.24, 2.45) is 0 Å². The number of aryl methyl sites for hydroxylation is 1. The fraction of sp³-hybridized carbons (Fsp3) is 0.185. The highest BCUT2D eigenvalue weighted by atomic mass is 32.1. The SMILES string of the molecule is COc1ccc2[nH]c(=O)c(CN(Cc3ccc4c(c3)OCO4)C(=S)Nc3cccc(C)c3)cc2c1. The van der Waals surface area contributed by atoms with Crippen LogP contribution in [0.2, 0.25) is 0 Å². The third kappa shape index (κ3) is 5.07. The summed E-state index contributed by atoms with van der Waals surface area (Å²) in [4.78, 5) is 17.9. The van der Waals surface area contributed by atoms with E-state index in [0.29, 0.717) is 29.5 Å². The van der Waals surface area contributed by atoms with Gasteiger partial charge in [0, 0.05) is 28.7 Å². The zero-order valence-electron chi connectivity index (χ0n) is 19.5. The number of H-pyrrole nitrogens is 1. The lowest BCUT2D eigenvalue weighted by molar-refractivity contribution is 0.174. The summed E-state index contributed by atoms with van der Waals surface area (Å²) in [6, 6.07) is 21.3. The minimum Gasteiger partial charge on any atom is -0.497 e. The number of ether oxygens (including phenoxy) is 3. The monoisotopic (exact) mass is 487 g/mol. The number of nitrogens with one attached hydrogen (secondary N) is 2. The van der Waals surface area contributed by atoms with E-state index >= 15 is 0 Å². The number of hydrogen-bond donors (Lipinski definition) is 2. The lowest BCUT2D eigenvalue weighted by Crippen LogP contribution is -2.35. The number of anilines is 1. The van der Waals surface area contributed by atoms with E-state index < -0.39 is 0 Å². The van der Waals surface area contributed by atoms with Crippen LogP contribution in [0.4, 0.5) is 5.69 Å². The maximum Gasteiger partial charge on any atom is 0.253 e. The van der Waals surface area contributed by atoms with Gasteiger partial charge in [-0.05, 0) is 78.8 Å². The molecule has 2 N–H and O–H groups in total. The molecule has 0 fully saturated rings. The molecule has 8 heteroatoms. The summed E-state index contributed by atoms with van der Waals surface area (Å²) in [5, 5.41) is 4.72. The first-order valence-corrected chi connectivity index (χ1v) is 11.6. The van der Waals surface area contributed by atoms with Crippen LogP contribution in [0.1, 0.15) is 16.7 Å². The molecule has 7 nitrogen and oxygen atoms in total. The summed E-state index contributed by atoms with van der Waals surface area (Å²) in [5.41, 5.74) is 4.20. The molecule has 0 saturated heterocycles. The van der Waals surface area contributed by atoms with E-state index in [1.807, 2.05) is 78.6 Å². The van der Waals surface area contributed by atoms with Gasteiger partial charge in [0.25, 0.3) is 5.56 Å². The number of thiocarbonyl (C=S) groups is 1. The second-order valence-electron chi connectivity index (χ2n) is 8.42. The average molecular weight is 488 g/mol. The Balaban J connectivity index is 1.47. The van der Waals surface area contributed by atoms with E-state index in [1.165, 1.54) is 0 Å². The molecular formula is C27H25N3O4S. The van der Waals surface area contributed by atoms with E-state index in [2.05, 4.69) is 10.3 Å². The maximum absolute atomic E-state index is 12.9. The Morgan fingerprint density at radius 3 is 2.74 bits per heavy atom. The van der Waals surface area contributed by atoms with Crippen molar-refractivity contribution in [3.05, 3.63) is 93.8 Å². The fourth-order valence-corrected chi connectivity index (χ4v) is 4.31. The number of rotatable bonds is 6. The van der Waals surface area contributed by atoms with Gasteiger partial charge < -0.3 is 29.4 Å². The first-order chi connectivity index (χ1) is 17.0. The van der Waals surface area contributed by atoms with Crippen molar-refractivity contribution in [1.82, 2.24) is 9.88 Å². The summed E-state index contributed by atoms with van der Waals surface area (Å²) in [7, 11) is 1.62. The first-order valence-electron chi connectivity index (χ1n) is 11.2. The van der Waals surface area contributed by atoms with Crippen LogP contribution >= 0.6 is 12.2 Å². The summed E-state index contributed by atoms with van der Waals surface area (Å²) in [6.45, 7) is 3.03. The Bertz CT molecular complexity index is 1470. The van der Waals surface area contributed by atoms with Crippen molar-refractivity contribution in [3.8, 4) is 17.2 Å². The van der Waals surface area contributed by atoms with Crippen LogP contribution < -0.4 is 25.1 Å². The summed E-state index contributed by atoms with van der Waals surface area (Å²) >= 11 is 5.80. The average Bonchev–Trinajstić information content (AvgIpc) is 3.31. The standard InChI is InChI=1S/C27H25N3O4S/c1-17-4-3-5-21(10-17)28-27(35)30(14-18-6-9-24-25(11-18)34-16-33-24)15-20-12-19-13-22(32-2)7-8-23(19)29-26(20)31/h3-13H,14-16H2,1-2H3,(H,28,35)(H,29,31). The molecule has 1 aliphatic heterocycles. The van der Waals surface area contributed by atoms with Crippen LogP contribution in [0.3, 0.4) is 0 Å². The molecule has 5 rings (SSSR count). The zero-order chi connectivity index (χ0) is 24.4. The third-order valence-corrected chi connectivity index (χ3v) is 6.22. The summed E-state index contributed by atoms with van der Waals surface area (Å²) in [5.74, 6) is 2.15. The normalized spacial score (nSPS) is 11.9. The highest BCUT2D eigenvalue weighted by Crippen LogP contribution is 2.33. The van der Waals surface area contributed by atoms with Gasteiger partial charge in [0.2, 0.25) is 6.79 Å². The van der Waals surface area contributed by atoms with Crippen molar-refractivity contribution in [1.29, 1.82) is 0 Å². The molecule has 2 heterocycles. The first kappa shape index (κ1) is 22.7. The van der Waals surface area contributed by atoms with Crippen LogP contribution in [0.25, 0.3) is 10.9 Å². The van der Waals surface area contributed by atoms with Gasteiger partial charge in [0.1, 0.15) is 5.75 Å². The van der Waals surface area contributed by atoms with Gasteiger partial charge in [0.15, 0.2) is 16.6 Å². The van der Waals surface area contributed by atoms with Gasteiger partial charge in [-0.1, -0.05) is 18.2 Å². The fourth-order valence-electron chi connectivity index (χ4n) is 4.06. The molecule has 3 aromatic carbocycles. The number of benzene rings is 3.